The Balaban J connectivity index is 2.51. The van der Waals surface area contributed by atoms with E-state index < -0.39 is 0 Å². The molecule has 0 aromatic rings. The maximum absolute atomic E-state index is 12.4. The summed E-state index contributed by atoms with van der Waals surface area (Å²) in [6.07, 6.45) is 4.55. The van der Waals surface area contributed by atoms with Gasteiger partial charge in [0.1, 0.15) is 0 Å². The Hall–Kier alpha value is -0.650. The van der Waals surface area contributed by atoms with Gasteiger partial charge in [-0.2, -0.15) is 0 Å². The van der Waals surface area contributed by atoms with Crippen LogP contribution in [-0.4, -0.2) is 62.3 Å². The smallest absolute Gasteiger partial charge is 0.237 e. The van der Waals surface area contributed by atoms with Crippen LogP contribution in [-0.2, 0) is 9.53 Å². The van der Waals surface area contributed by atoms with Crippen LogP contribution in [0.25, 0.3) is 0 Å². The SMILES string of the molecule is CCCC(C)NC(=O)C(C)N(CCOC)CC1CCCN1. The first-order valence-electron chi connectivity index (χ1n) is 8.35. The number of ether oxygens (including phenoxy) is 1. The molecule has 1 heterocycles. The average molecular weight is 299 g/mol. The van der Waals surface area contributed by atoms with Crippen LogP contribution >= 0.6 is 0 Å². The highest BCUT2D eigenvalue weighted by atomic mass is 16.5. The zero-order chi connectivity index (χ0) is 15.7. The first-order valence-corrected chi connectivity index (χ1v) is 8.35. The molecule has 1 amide bonds. The van der Waals surface area contributed by atoms with Crippen molar-refractivity contribution in [3.8, 4) is 0 Å². The molecular weight excluding hydrogens is 266 g/mol. The van der Waals surface area contributed by atoms with Gasteiger partial charge >= 0.3 is 0 Å². The van der Waals surface area contributed by atoms with Crippen molar-refractivity contribution in [2.24, 2.45) is 0 Å². The molecule has 2 N–H and O–H groups in total. The molecule has 1 fully saturated rings. The van der Waals surface area contributed by atoms with E-state index in [0.717, 1.165) is 32.5 Å². The third-order valence-electron chi connectivity index (χ3n) is 4.24. The van der Waals surface area contributed by atoms with E-state index >= 15 is 0 Å². The number of hydrogen-bond acceptors (Lipinski definition) is 4. The van der Waals surface area contributed by atoms with E-state index in [4.69, 9.17) is 4.74 Å². The molecule has 21 heavy (non-hydrogen) atoms. The monoisotopic (exact) mass is 299 g/mol. The van der Waals surface area contributed by atoms with Gasteiger partial charge in [0.05, 0.1) is 12.6 Å². The van der Waals surface area contributed by atoms with Crippen molar-refractivity contribution in [3.63, 3.8) is 0 Å². The Morgan fingerprint density at radius 2 is 2.24 bits per heavy atom. The molecule has 1 saturated heterocycles. The summed E-state index contributed by atoms with van der Waals surface area (Å²) in [6.45, 7) is 9.69. The fourth-order valence-electron chi connectivity index (χ4n) is 2.88. The lowest BCUT2D eigenvalue weighted by Gasteiger charge is -2.31. The Morgan fingerprint density at radius 3 is 2.81 bits per heavy atom. The maximum atomic E-state index is 12.4. The van der Waals surface area contributed by atoms with Gasteiger partial charge in [0, 0.05) is 32.3 Å². The summed E-state index contributed by atoms with van der Waals surface area (Å²) in [7, 11) is 1.71. The van der Waals surface area contributed by atoms with Gasteiger partial charge in [-0.3, -0.25) is 9.69 Å². The molecule has 1 aliphatic rings. The number of rotatable bonds is 10. The highest BCUT2D eigenvalue weighted by molar-refractivity contribution is 5.81. The van der Waals surface area contributed by atoms with Crippen LogP contribution in [0.4, 0.5) is 0 Å². The van der Waals surface area contributed by atoms with E-state index in [1.165, 1.54) is 12.8 Å². The average Bonchev–Trinajstić information content (AvgIpc) is 2.95. The van der Waals surface area contributed by atoms with E-state index in [1.807, 2.05) is 6.92 Å². The summed E-state index contributed by atoms with van der Waals surface area (Å²) >= 11 is 0. The molecule has 3 unspecified atom stereocenters. The largest absolute Gasteiger partial charge is 0.383 e. The lowest BCUT2D eigenvalue weighted by molar-refractivity contribution is -0.126. The van der Waals surface area contributed by atoms with Crippen molar-refractivity contribution in [2.75, 3.05) is 33.4 Å². The molecule has 0 radical (unpaired) electrons. The standard InChI is InChI=1S/C16H33N3O2/c1-5-7-13(2)18-16(20)14(3)19(10-11-21-4)12-15-8-6-9-17-15/h13-15,17H,5-12H2,1-4H3,(H,18,20). The quantitative estimate of drug-likeness (QED) is 0.640. The number of carbonyl (C=O) groups excluding carboxylic acids is 1. The van der Waals surface area contributed by atoms with Crippen LogP contribution in [0.1, 0.15) is 46.5 Å². The molecule has 0 aromatic heterocycles. The molecule has 0 spiro atoms. The predicted octanol–water partition coefficient (Wildman–Crippen LogP) is 1.38. The summed E-state index contributed by atoms with van der Waals surface area (Å²) in [4.78, 5) is 14.6. The number of amides is 1. The zero-order valence-corrected chi connectivity index (χ0v) is 14.2. The zero-order valence-electron chi connectivity index (χ0n) is 14.2. The third-order valence-corrected chi connectivity index (χ3v) is 4.24. The van der Waals surface area contributed by atoms with Gasteiger partial charge in [-0.25, -0.2) is 0 Å². The first-order chi connectivity index (χ1) is 10.1. The second-order valence-electron chi connectivity index (χ2n) is 6.16. The number of methoxy groups -OCH3 is 1. The molecule has 0 saturated carbocycles. The fraction of sp³-hybridized carbons (Fsp3) is 0.938. The molecule has 124 valence electrons. The Labute approximate surface area is 129 Å². The molecule has 0 aliphatic carbocycles. The summed E-state index contributed by atoms with van der Waals surface area (Å²) < 4.78 is 5.19. The molecule has 1 rings (SSSR count). The van der Waals surface area contributed by atoms with Crippen LogP contribution in [0.3, 0.4) is 0 Å². The van der Waals surface area contributed by atoms with Gasteiger partial charge in [0.25, 0.3) is 0 Å². The number of nitrogens with zero attached hydrogens (tertiary/aromatic N) is 1. The molecule has 5 nitrogen and oxygen atoms in total. The first kappa shape index (κ1) is 18.4. The minimum absolute atomic E-state index is 0.109. The van der Waals surface area contributed by atoms with Crippen molar-refractivity contribution in [3.05, 3.63) is 0 Å². The summed E-state index contributed by atoms with van der Waals surface area (Å²) in [5.74, 6) is 0.130. The van der Waals surface area contributed by atoms with Crippen LogP contribution in [0, 0.1) is 0 Å². The number of nitrogens with one attached hydrogen (secondary N) is 2. The fourth-order valence-corrected chi connectivity index (χ4v) is 2.88. The Morgan fingerprint density at radius 1 is 1.48 bits per heavy atom. The summed E-state index contributed by atoms with van der Waals surface area (Å²) in [5, 5.41) is 6.62. The maximum Gasteiger partial charge on any atom is 0.237 e. The van der Waals surface area contributed by atoms with Crippen LogP contribution in [0.5, 0.6) is 0 Å². The van der Waals surface area contributed by atoms with Gasteiger partial charge in [0.2, 0.25) is 5.91 Å². The van der Waals surface area contributed by atoms with Crippen LogP contribution < -0.4 is 10.6 Å². The second-order valence-corrected chi connectivity index (χ2v) is 6.16. The van der Waals surface area contributed by atoms with Gasteiger partial charge in [-0.05, 0) is 39.7 Å². The van der Waals surface area contributed by atoms with E-state index in [-0.39, 0.29) is 18.0 Å². The lowest BCUT2D eigenvalue weighted by atomic mass is 10.1. The Kier molecular flexibility index (Phi) is 8.88. The minimum atomic E-state index is -0.109. The van der Waals surface area contributed by atoms with Gasteiger partial charge in [0.15, 0.2) is 0 Å². The predicted molar refractivity (Wildman–Crippen MR) is 86.4 cm³/mol. The number of hydrogen-bond donors (Lipinski definition) is 2. The third kappa shape index (κ3) is 6.76. The van der Waals surface area contributed by atoms with Crippen LogP contribution in [0.2, 0.25) is 0 Å². The van der Waals surface area contributed by atoms with E-state index in [0.29, 0.717) is 12.6 Å². The van der Waals surface area contributed by atoms with Crippen molar-refractivity contribution in [1.29, 1.82) is 0 Å². The highest BCUT2D eigenvalue weighted by Crippen LogP contribution is 2.10. The van der Waals surface area contributed by atoms with E-state index in [2.05, 4.69) is 29.4 Å². The van der Waals surface area contributed by atoms with Gasteiger partial charge in [-0.15, -0.1) is 0 Å². The molecule has 3 atom stereocenters. The van der Waals surface area contributed by atoms with Crippen LogP contribution in [0.15, 0.2) is 0 Å². The molecule has 1 aliphatic heterocycles. The highest BCUT2D eigenvalue weighted by Gasteiger charge is 2.25. The van der Waals surface area contributed by atoms with Crippen molar-refractivity contribution in [1.82, 2.24) is 15.5 Å². The van der Waals surface area contributed by atoms with Crippen molar-refractivity contribution < 1.29 is 9.53 Å². The molecular formula is C16H33N3O2. The molecule has 5 heteroatoms. The normalized spacial score (nSPS) is 21.5. The van der Waals surface area contributed by atoms with E-state index in [9.17, 15) is 4.79 Å². The van der Waals surface area contributed by atoms with E-state index in [1.54, 1.807) is 7.11 Å². The topological polar surface area (TPSA) is 53.6 Å². The molecule has 0 aromatic carbocycles. The summed E-state index contributed by atoms with van der Waals surface area (Å²) in [6, 6.07) is 0.644. The molecule has 0 bridgehead atoms. The second kappa shape index (κ2) is 10.1. The summed E-state index contributed by atoms with van der Waals surface area (Å²) in [5.41, 5.74) is 0. The van der Waals surface area contributed by atoms with Gasteiger partial charge < -0.3 is 15.4 Å². The van der Waals surface area contributed by atoms with Crippen molar-refractivity contribution >= 4 is 5.91 Å². The minimum Gasteiger partial charge on any atom is -0.383 e. The van der Waals surface area contributed by atoms with Crippen molar-refractivity contribution in [2.45, 2.75) is 64.6 Å². The Bertz CT molecular complexity index is 293. The number of carbonyl (C=O) groups is 1. The lowest BCUT2D eigenvalue weighted by Crippen LogP contribution is -2.51. The van der Waals surface area contributed by atoms with Gasteiger partial charge in [-0.1, -0.05) is 13.3 Å².